The van der Waals surface area contributed by atoms with Crippen LogP contribution in [0.4, 0.5) is 0 Å². The molecule has 0 saturated heterocycles. The number of hydrogen-bond donors (Lipinski definition) is 1. The third kappa shape index (κ3) is 1.83. The van der Waals surface area contributed by atoms with E-state index in [2.05, 4.69) is 42.5 Å². The van der Waals surface area contributed by atoms with Crippen molar-refractivity contribution in [3.05, 3.63) is 42.5 Å². The molecule has 1 saturated carbocycles. The smallest absolute Gasteiger partial charge is 0.0662 e. The third-order valence-corrected chi connectivity index (χ3v) is 4.56. The second kappa shape index (κ2) is 4.11. The summed E-state index contributed by atoms with van der Waals surface area (Å²) in [6.07, 6.45) is 2.00. The molecular formula is C14H14OS. The Labute approximate surface area is 99.5 Å². The van der Waals surface area contributed by atoms with Crippen molar-refractivity contribution in [2.45, 2.75) is 29.1 Å². The first-order chi connectivity index (χ1) is 7.83. The molecule has 0 heterocycles. The second-order valence-electron chi connectivity index (χ2n) is 4.31. The molecule has 1 nitrogen and oxygen atoms in total. The molecule has 1 N–H and O–H groups in total. The van der Waals surface area contributed by atoms with Gasteiger partial charge >= 0.3 is 0 Å². The van der Waals surface area contributed by atoms with E-state index in [4.69, 9.17) is 0 Å². The molecule has 0 bridgehead atoms. The minimum absolute atomic E-state index is 0.100. The van der Waals surface area contributed by atoms with Crippen molar-refractivity contribution in [1.29, 1.82) is 0 Å². The SMILES string of the molecule is O[C@@H]1CC[C@H]1Sc1ccc2ccccc2c1. The molecule has 1 aliphatic carbocycles. The molecule has 2 aromatic carbocycles. The van der Waals surface area contributed by atoms with E-state index < -0.39 is 0 Å². The zero-order valence-electron chi connectivity index (χ0n) is 8.97. The monoisotopic (exact) mass is 230 g/mol. The van der Waals surface area contributed by atoms with Gasteiger partial charge in [0.25, 0.3) is 0 Å². The highest BCUT2D eigenvalue weighted by molar-refractivity contribution is 8.00. The van der Waals surface area contributed by atoms with Gasteiger partial charge in [0.2, 0.25) is 0 Å². The van der Waals surface area contributed by atoms with Gasteiger partial charge in [-0.15, -0.1) is 11.8 Å². The van der Waals surface area contributed by atoms with Gasteiger partial charge in [-0.3, -0.25) is 0 Å². The molecule has 1 aliphatic rings. The Balaban J connectivity index is 1.87. The molecule has 82 valence electrons. The highest BCUT2D eigenvalue weighted by Crippen LogP contribution is 2.37. The third-order valence-electron chi connectivity index (χ3n) is 3.18. The van der Waals surface area contributed by atoms with Crippen LogP contribution in [0.5, 0.6) is 0 Å². The first-order valence-corrected chi connectivity index (χ1v) is 6.54. The van der Waals surface area contributed by atoms with Crippen LogP contribution in [0.2, 0.25) is 0 Å². The van der Waals surface area contributed by atoms with Crippen LogP contribution in [0.25, 0.3) is 10.8 Å². The zero-order chi connectivity index (χ0) is 11.0. The van der Waals surface area contributed by atoms with Crippen LogP contribution in [0.3, 0.4) is 0 Å². The Morgan fingerprint density at radius 2 is 1.81 bits per heavy atom. The van der Waals surface area contributed by atoms with Gasteiger partial charge in [-0.2, -0.15) is 0 Å². The van der Waals surface area contributed by atoms with E-state index in [1.165, 1.54) is 15.7 Å². The van der Waals surface area contributed by atoms with Crippen LogP contribution >= 0.6 is 11.8 Å². The first kappa shape index (κ1) is 10.2. The maximum atomic E-state index is 9.56. The summed E-state index contributed by atoms with van der Waals surface area (Å²) >= 11 is 1.80. The molecule has 0 amide bonds. The predicted molar refractivity (Wildman–Crippen MR) is 68.8 cm³/mol. The standard InChI is InChI=1S/C14H14OS/c15-13-7-8-14(13)16-12-6-5-10-3-1-2-4-11(10)9-12/h1-6,9,13-15H,7-8H2/t13-,14-/m1/s1. The lowest BCUT2D eigenvalue weighted by Gasteiger charge is -2.31. The number of fused-ring (bicyclic) bond motifs is 1. The summed E-state index contributed by atoms with van der Waals surface area (Å²) in [7, 11) is 0. The average Bonchev–Trinajstić information content (AvgIpc) is 2.34. The van der Waals surface area contributed by atoms with E-state index in [9.17, 15) is 5.11 Å². The van der Waals surface area contributed by atoms with E-state index in [1.807, 2.05) is 0 Å². The molecule has 3 rings (SSSR count). The summed E-state index contributed by atoms with van der Waals surface area (Å²) in [5.74, 6) is 0. The topological polar surface area (TPSA) is 20.2 Å². The number of hydrogen-bond acceptors (Lipinski definition) is 2. The van der Waals surface area contributed by atoms with Crippen molar-refractivity contribution >= 4 is 22.5 Å². The minimum atomic E-state index is -0.100. The number of aliphatic hydroxyl groups is 1. The molecule has 16 heavy (non-hydrogen) atoms. The molecule has 0 spiro atoms. The molecular weight excluding hydrogens is 216 g/mol. The summed E-state index contributed by atoms with van der Waals surface area (Å²) in [6.45, 7) is 0. The Hall–Kier alpha value is -0.990. The average molecular weight is 230 g/mol. The van der Waals surface area contributed by atoms with Crippen molar-refractivity contribution in [3.8, 4) is 0 Å². The highest BCUT2D eigenvalue weighted by Gasteiger charge is 2.29. The summed E-state index contributed by atoms with van der Waals surface area (Å²) in [5, 5.41) is 12.5. The van der Waals surface area contributed by atoms with Gasteiger partial charge in [0, 0.05) is 10.1 Å². The van der Waals surface area contributed by atoms with Crippen LogP contribution in [-0.4, -0.2) is 16.5 Å². The molecule has 0 radical (unpaired) electrons. The van der Waals surface area contributed by atoms with E-state index >= 15 is 0 Å². The fraction of sp³-hybridized carbons (Fsp3) is 0.286. The summed E-state index contributed by atoms with van der Waals surface area (Å²) in [6, 6.07) is 14.9. The van der Waals surface area contributed by atoms with Crippen LogP contribution < -0.4 is 0 Å². The first-order valence-electron chi connectivity index (χ1n) is 5.66. The van der Waals surface area contributed by atoms with Crippen LogP contribution in [-0.2, 0) is 0 Å². The number of rotatable bonds is 2. The summed E-state index contributed by atoms with van der Waals surface area (Å²) in [5.41, 5.74) is 0. The predicted octanol–water partition coefficient (Wildman–Crippen LogP) is 3.46. The molecule has 0 unspecified atom stereocenters. The van der Waals surface area contributed by atoms with E-state index in [0.717, 1.165) is 12.8 Å². The molecule has 2 atom stereocenters. The number of benzene rings is 2. The maximum absolute atomic E-state index is 9.56. The fourth-order valence-corrected chi connectivity index (χ4v) is 3.24. The van der Waals surface area contributed by atoms with Crippen molar-refractivity contribution in [2.75, 3.05) is 0 Å². The molecule has 1 fully saturated rings. The normalized spacial score (nSPS) is 24.3. The van der Waals surface area contributed by atoms with Crippen molar-refractivity contribution in [1.82, 2.24) is 0 Å². The van der Waals surface area contributed by atoms with Crippen LogP contribution in [0.1, 0.15) is 12.8 Å². The molecule has 0 aromatic heterocycles. The van der Waals surface area contributed by atoms with Crippen LogP contribution in [0, 0.1) is 0 Å². The van der Waals surface area contributed by atoms with E-state index in [1.54, 1.807) is 11.8 Å². The van der Waals surface area contributed by atoms with Gasteiger partial charge in [0.05, 0.1) is 6.10 Å². The summed E-state index contributed by atoms with van der Waals surface area (Å²) < 4.78 is 0. The maximum Gasteiger partial charge on any atom is 0.0662 e. The van der Waals surface area contributed by atoms with Crippen molar-refractivity contribution < 1.29 is 5.11 Å². The Kier molecular flexibility index (Phi) is 2.62. The zero-order valence-corrected chi connectivity index (χ0v) is 9.78. The van der Waals surface area contributed by atoms with E-state index in [-0.39, 0.29) is 6.10 Å². The van der Waals surface area contributed by atoms with Gasteiger partial charge in [0.1, 0.15) is 0 Å². The van der Waals surface area contributed by atoms with Crippen molar-refractivity contribution in [2.24, 2.45) is 0 Å². The molecule has 2 aromatic rings. The minimum Gasteiger partial charge on any atom is -0.392 e. The molecule has 2 heteroatoms. The second-order valence-corrected chi connectivity index (χ2v) is 5.62. The lowest BCUT2D eigenvalue weighted by molar-refractivity contribution is 0.103. The lowest BCUT2D eigenvalue weighted by atomic mass is 9.96. The fourth-order valence-electron chi connectivity index (χ4n) is 2.00. The summed E-state index contributed by atoms with van der Waals surface area (Å²) in [4.78, 5) is 1.27. The van der Waals surface area contributed by atoms with E-state index in [0.29, 0.717) is 5.25 Å². The number of aliphatic hydroxyl groups excluding tert-OH is 1. The van der Waals surface area contributed by atoms with Gasteiger partial charge < -0.3 is 5.11 Å². The van der Waals surface area contributed by atoms with Gasteiger partial charge in [-0.25, -0.2) is 0 Å². The van der Waals surface area contributed by atoms with Gasteiger partial charge in [0.15, 0.2) is 0 Å². The quantitative estimate of drug-likeness (QED) is 0.852. The lowest BCUT2D eigenvalue weighted by Crippen LogP contribution is -2.33. The Morgan fingerprint density at radius 1 is 1.00 bits per heavy atom. The van der Waals surface area contributed by atoms with Crippen LogP contribution in [0.15, 0.2) is 47.4 Å². The van der Waals surface area contributed by atoms with Gasteiger partial charge in [-0.05, 0) is 35.7 Å². The van der Waals surface area contributed by atoms with Crippen molar-refractivity contribution in [3.63, 3.8) is 0 Å². The highest BCUT2D eigenvalue weighted by atomic mass is 32.2. The largest absolute Gasteiger partial charge is 0.392 e. The Morgan fingerprint density at radius 3 is 2.50 bits per heavy atom. The van der Waals surface area contributed by atoms with Gasteiger partial charge in [-0.1, -0.05) is 30.3 Å². The Bertz CT molecular complexity index is 509. The number of thioether (sulfide) groups is 1. The molecule has 0 aliphatic heterocycles.